The van der Waals surface area contributed by atoms with E-state index in [-0.39, 0.29) is 0 Å². The molecule has 0 radical (unpaired) electrons. The Labute approximate surface area is 100 Å². The molecule has 1 N–H and O–H groups in total. The smallest absolute Gasteiger partial charge is 0.0223 e. The number of rotatable bonds is 5. The molecule has 3 heteroatoms. The van der Waals surface area contributed by atoms with Gasteiger partial charge in [0.15, 0.2) is 0 Å². The predicted octanol–water partition coefficient (Wildman–Crippen LogP) is 1.15. The molecule has 1 saturated carbocycles. The minimum atomic E-state index is 0.664. The summed E-state index contributed by atoms with van der Waals surface area (Å²) in [7, 11) is 4.54. The molecule has 1 aliphatic carbocycles. The van der Waals surface area contributed by atoms with Gasteiger partial charge in [-0.15, -0.1) is 0 Å². The molecule has 16 heavy (non-hydrogen) atoms. The van der Waals surface area contributed by atoms with Crippen molar-refractivity contribution >= 4 is 0 Å². The molecule has 1 heterocycles. The molecule has 2 atom stereocenters. The van der Waals surface area contributed by atoms with Gasteiger partial charge in [-0.25, -0.2) is 0 Å². The highest BCUT2D eigenvalue weighted by Gasteiger charge is 2.26. The lowest BCUT2D eigenvalue weighted by atomic mass is 10.0. The van der Waals surface area contributed by atoms with E-state index in [1.54, 1.807) is 0 Å². The van der Waals surface area contributed by atoms with Gasteiger partial charge in [0.1, 0.15) is 0 Å². The minimum absolute atomic E-state index is 0.664. The van der Waals surface area contributed by atoms with Gasteiger partial charge >= 0.3 is 0 Å². The first-order valence-electron chi connectivity index (χ1n) is 6.80. The van der Waals surface area contributed by atoms with E-state index in [1.165, 1.54) is 38.8 Å². The third-order valence-corrected chi connectivity index (χ3v) is 4.15. The summed E-state index contributed by atoms with van der Waals surface area (Å²) in [6, 6.07) is 2.26. The normalized spacial score (nSPS) is 29.6. The molecular weight excluding hydrogens is 198 g/mol. The van der Waals surface area contributed by atoms with Gasteiger partial charge in [0.05, 0.1) is 0 Å². The van der Waals surface area contributed by atoms with Gasteiger partial charge in [-0.05, 0) is 53.2 Å². The fraction of sp³-hybridized carbons (Fsp3) is 1.00. The molecule has 0 spiro atoms. The number of likely N-dealkylation sites (tertiary alicyclic amines) is 1. The molecule has 94 valence electrons. The summed E-state index contributed by atoms with van der Waals surface area (Å²) in [5, 5.41) is 3.63. The molecule has 3 nitrogen and oxygen atoms in total. The van der Waals surface area contributed by atoms with E-state index >= 15 is 0 Å². The van der Waals surface area contributed by atoms with Gasteiger partial charge in [-0.2, -0.15) is 0 Å². The van der Waals surface area contributed by atoms with Gasteiger partial charge < -0.3 is 10.2 Å². The lowest BCUT2D eigenvalue weighted by Gasteiger charge is -2.39. The monoisotopic (exact) mass is 225 g/mol. The Balaban J connectivity index is 1.72. The third kappa shape index (κ3) is 3.44. The van der Waals surface area contributed by atoms with Crippen LogP contribution in [0.5, 0.6) is 0 Å². The van der Waals surface area contributed by atoms with Gasteiger partial charge in [0.2, 0.25) is 0 Å². The van der Waals surface area contributed by atoms with Gasteiger partial charge in [-0.1, -0.05) is 0 Å². The fourth-order valence-electron chi connectivity index (χ4n) is 2.60. The molecule has 2 aliphatic rings. The molecule has 2 fully saturated rings. The van der Waals surface area contributed by atoms with Gasteiger partial charge in [0.25, 0.3) is 0 Å². The van der Waals surface area contributed by atoms with Crippen LogP contribution in [0.2, 0.25) is 0 Å². The van der Waals surface area contributed by atoms with Crippen LogP contribution in [0.25, 0.3) is 0 Å². The summed E-state index contributed by atoms with van der Waals surface area (Å²) in [5.41, 5.74) is 0. The molecule has 1 saturated heterocycles. The van der Waals surface area contributed by atoms with Crippen molar-refractivity contribution in [1.82, 2.24) is 15.1 Å². The van der Waals surface area contributed by atoms with Crippen molar-refractivity contribution in [2.45, 2.75) is 50.7 Å². The van der Waals surface area contributed by atoms with E-state index in [0.29, 0.717) is 6.04 Å². The van der Waals surface area contributed by atoms with E-state index in [9.17, 15) is 0 Å². The van der Waals surface area contributed by atoms with Crippen molar-refractivity contribution in [3.05, 3.63) is 0 Å². The first kappa shape index (κ1) is 12.3. The van der Waals surface area contributed by atoms with E-state index in [2.05, 4.69) is 36.1 Å². The summed E-state index contributed by atoms with van der Waals surface area (Å²) in [5.74, 6) is 0. The second-order valence-electron chi connectivity index (χ2n) is 5.76. The summed E-state index contributed by atoms with van der Waals surface area (Å²) in [6.45, 7) is 6.02. The van der Waals surface area contributed by atoms with Crippen molar-refractivity contribution in [1.29, 1.82) is 0 Å². The Morgan fingerprint density at radius 1 is 1.38 bits per heavy atom. The molecule has 0 aromatic carbocycles. The fourth-order valence-corrected chi connectivity index (χ4v) is 2.60. The number of likely N-dealkylation sites (N-methyl/N-ethyl adjacent to an activating group) is 2. The second-order valence-corrected chi connectivity index (χ2v) is 5.76. The average molecular weight is 225 g/mol. The molecule has 0 bridgehead atoms. The first-order valence-corrected chi connectivity index (χ1v) is 6.80. The Bertz CT molecular complexity index is 215. The zero-order valence-corrected chi connectivity index (χ0v) is 11.1. The maximum absolute atomic E-state index is 3.63. The highest BCUT2D eigenvalue weighted by atomic mass is 15.2. The van der Waals surface area contributed by atoms with Crippen LogP contribution in [0.15, 0.2) is 0 Å². The summed E-state index contributed by atoms with van der Waals surface area (Å²) in [6.07, 6.45) is 5.51. The zero-order chi connectivity index (χ0) is 11.5. The molecule has 0 aromatic rings. The van der Waals surface area contributed by atoms with Crippen molar-refractivity contribution in [3.63, 3.8) is 0 Å². The first-order chi connectivity index (χ1) is 7.66. The van der Waals surface area contributed by atoms with E-state index in [1.807, 2.05) is 0 Å². The number of piperidine rings is 1. The van der Waals surface area contributed by atoms with E-state index in [0.717, 1.165) is 18.6 Å². The van der Waals surface area contributed by atoms with Crippen LogP contribution in [0.1, 0.15) is 32.6 Å². The SMILES string of the molecule is CC(CNC1CC1)N(C)C1CCCN(C)C1. The Morgan fingerprint density at radius 2 is 2.12 bits per heavy atom. The standard InChI is InChI=1S/C13H27N3/c1-11(9-14-12-6-7-12)16(3)13-5-4-8-15(2)10-13/h11-14H,4-10H2,1-3H3. The quantitative estimate of drug-likeness (QED) is 0.757. The van der Waals surface area contributed by atoms with E-state index < -0.39 is 0 Å². The highest BCUT2D eigenvalue weighted by molar-refractivity contribution is 4.85. The van der Waals surface area contributed by atoms with Crippen molar-refractivity contribution in [2.24, 2.45) is 0 Å². The number of hydrogen-bond donors (Lipinski definition) is 1. The minimum Gasteiger partial charge on any atom is -0.312 e. The lowest BCUT2D eigenvalue weighted by Crippen LogP contribution is -2.50. The van der Waals surface area contributed by atoms with E-state index in [4.69, 9.17) is 0 Å². The maximum Gasteiger partial charge on any atom is 0.0223 e. The second kappa shape index (κ2) is 5.48. The van der Waals surface area contributed by atoms with Crippen LogP contribution >= 0.6 is 0 Å². The van der Waals surface area contributed by atoms with Gasteiger partial charge in [-0.3, -0.25) is 4.90 Å². The Kier molecular flexibility index (Phi) is 4.22. The number of hydrogen-bond acceptors (Lipinski definition) is 3. The van der Waals surface area contributed by atoms with Crippen LogP contribution in [0.3, 0.4) is 0 Å². The average Bonchev–Trinajstić information content (AvgIpc) is 3.08. The predicted molar refractivity (Wildman–Crippen MR) is 68.8 cm³/mol. The summed E-state index contributed by atoms with van der Waals surface area (Å²) < 4.78 is 0. The molecule has 0 aromatic heterocycles. The Hall–Kier alpha value is -0.120. The number of nitrogens with one attached hydrogen (secondary N) is 1. The largest absolute Gasteiger partial charge is 0.312 e. The topological polar surface area (TPSA) is 18.5 Å². The molecular formula is C13H27N3. The zero-order valence-electron chi connectivity index (χ0n) is 11.1. The van der Waals surface area contributed by atoms with Crippen molar-refractivity contribution in [2.75, 3.05) is 33.7 Å². The van der Waals surface area contributed by atoms with Crippen molar-refractivity contribution in [3.8, 4) is 0 Å². The molecule has 0 amide bonds. The summed E-state index contributed by atoms with van der Waals surface area (Å²) in [4.78, 5) is 5.04. The van der Waals surface area contributed by atoms with Crippen LogP contribution in [0, 0.1) is 0 Å². The molecule has 1 aliphatic heterocycles. The van der Waals surface area contributed by atoms with Crippen molar-refractivity contribution < 1.29 is 0 Å². The third-order valence-electron chi connectivity index (χ3n) is 4.15. The lowest BCUT2D eigenvalue weighted by molar-refractivity contribution is 0.104. The highest BCUT2D eigenvalue weighted by Crippen LogP contribution is 2.19. The number of nitrogens with zero attached hydrogens (tertiary/aromatic N) is 2. The maximum atomic E-state index is 3.63. The van der Waals surface area contributed by atoms with Gasteiger partial charge in [0, 0.05) is 31.2 Å². The van der Waals surface area contributed by atoms with Crippen LogP contribution in [-0.4, -0.2) is 61.7 Å². The van der Waals surface area contributed by atoms with Crippen LogP contribution in [-0.2, 0) is 0 Å². The van der Waals surface area contributed by atoms with Crippen LogP contribution in [0.4, 0.5) is 0 Å². The summed E-state index contributed by atoms with van der Waals surface area (Å²) >= 11 is 0. The molecule has 2 unspecified atom stereocenters. The molecule has 2 rings (SSSR count). The van der Waals surface area contributed by atoms with Crippen LogP contribution < -0.4 is 5.32 Å². The Morgan fingerprint density at radius 3 is 2.75 bits per heavy atom.